The zero-order chi connectivity index (χ0) is 15.6. The van der Waals surface area contributed by atoms with Gasteiger partial charge in [0, 0.05) is 12.6 Å². The molecule has 0 fully saturated rings. The molecule has 1 heterocycles. The van der Waals surface area contributed by atoms with Crippen LogP contribution in [0.1, 0.15) is 18.1 Å². The fourth-order valence-electron chi connectivity index (χ4n) is 2.28. The summed E-state index contributed by atoms with van der Waals surface area (Å²) in [6.45, 7) is 3.39. The molecule has 0 atom stereocenters. The van der Waals surface area contributed by atoms with Gasteiger partial charge in [0.15, 0.2) is 15.7 Å². The molecule has 1 N–H and O–H groups in total. The summed E-state index contributed by atoms with van der Waals surface area (Å²) in [5.41, 5.74) is 0.205. The molecule has 6 heteroatoms. The van der Waals surface area contributed by atoms with Crippen molar-refractivity contribution in [2.24, 2.45) is 0 Å². The summed E-state index contributed by atoms with van der Waals surface area (Å²) in [6.07, 6.45) is 0. The highest BCUT2D eigenvalue weighted by molar-refractivity contribution is 7.90. The van der Waals surface area contributed by atoms with Crippen LogP contribution in [0, 0.1) is 6.92 Å². The molecule has 1 aromatic heterocycles. The Bertz CT molecular complexity index is 808. The summed E-state index contributed by atoms with van der Waals surface area (Å²) in [4.78, 5) is 12.1. The van der Waals surface area contributed by atoms with Gasteiger partial charge in [-0.05, 0) is 25.0 Å². The molecular weight excluding hydrogens is 290 g/mol. The fraction of sp³-hybridized carbons (Fsp3) is 0.267. The number of sulfone groups is 1. The molecule has 21 heavy (non-hydrogen) atoms. The summed E-state index contributed by atoms with van der Waals surface area (Å²) in [6, 6.07) is 10.0. The molecule has 0 bridgehead atoms. The smallest absolute Gasteiger partial charge is 0.272 e. The molecule has 2 aromatic rings. The lowest BCUT2D eigenvalue weighted by atomic mass is 10.2. The Labute approximate surface area is 123 Å². The van der Waals surface area contributed by atoms with Gasteiger partial charge in [0.1, 0.15) is 4.90 Å². The molecule has 0 amide bonds. The van der Waals surface area contributed by atoms with E-state index in [0.717, 1.165) is 4.57 Å². The van der Waals surface area contributed by atoms with Gasteiger partial charge in [0.2, 0.25) is 0 Å². The van der Waals surface area contributed by atoms with Crippen LogP contribution in [0.4, 0.5) is 0 Å². The Balaban J connectivity index is 2.58. The van der Waals surface area contributed by atoms with Crippen molar-refractivity contribution in [1.29, 1.82) is 0 Å². The molecular formula is C15H17NO4S. The maximum absolute atomic E-state index is 12.5. The minimum absolute atomic E-state index is 0.207. The SMILES string of the molecule is CCn1c(O)cc(C)c(S(=O)(=O)Cc2ccccc2)c1=O. The standard InChI is InChI=1S/C15H17NO4S/c1-3-16-13(17)9-11(2)14(15(16)18)21(19,20)10-12-7-5-4-6-8-12/h4-9,17H,3,10H2,1-2H3. The highest BCUT2D eigenvalue weighted by Gasteiger charge is 2.24. The maximum Gasteiger partial charge on any atom is 0.272 e. The third-order valence-electron chi connectivity index (χ3n) is 3.25. The van der Waals surface area contributed by atoms with E-state index < -0.39 is 15.4 Å². The number of hydrogen-bond donors (Lipinski definition) is 1. The van der Waals surface area contributed by atoms with Gasteiger partial charge in [-0.15, -0.1) is 0 Å². The van der Waals surface area contributed by atoms with Gasteiger partial charge in [0.25, 0.3) is 5.56 Å². The molecule has 0 saturated carbocycles. The van der Waals surface area contributed by atoms with Gasteiger partial charge < -0.3 is 5.11 Å². The monoisotopic (exact) mass is 307 g/mol. The topological polar surface area (TPSA) is 76.4 Å². The highest BCUT2D eigenvalue weighted by atomic mass is 32.2. The molecule has 0 aliphatic rings. The van der Waals surface area contributed by atoms with Gasteiger partial charge in [-0.2, -0.15) is 0 Å². The highest BCUT2D eigenvalue weighted by Crippen LogP contribution is 2.20. The van der Waals surface area contributed by atoms with E-state index in [9.17, 15) is 18.3 Å². The molecule has 2 rings (SSSR count). The minimum Gasteiger partial charge on any atom is -0.494 e. The van der Waals surface area contributed by atoms with Crippen LogP contribution in [-0.4, -0.2) is 18.1 Å². The van der Waals surface area contributed by atoms with Crippen molar-refractivity contribution in [2.45, 2.75) is 31.0 Å². The summed E-state index contributed by atoms with van der Waals surface area (Å²) < 4.78 is 26.1. The molecule has 0 radical (unpaired) electrons. The van der Waals surface area contributed by atoms with Crippen LogP contribution < -0.4 is 5.56 Å². The van der Waals surface area contributed by atoms with E-state index in [2.05, 4.69) is 0 Å². The summed E-state index contributed by atoms with van der Waals surface area (Å²) in [7, 11) is -3.77. The second-order valence-corrected chi connectivity index (χ2v) is 6.74. The predicted octanol–water partition coefficient (Wildman–Crippen LogP) is 1.86. The molecule has 0 aliphatic carbocycles. The van der Waals surface area contributed by atoms with Crippen molar-refractivity contribution >= 4 is 9.84 Å². The van der Waals surface area contributed by atoms with Crippen LogP contribution in [0.15, 0.2) is 46.1 Å². The van der Waals surface area contributed by atoms with E-state index in [1.54, 1.807) is 37.3 Å². The minimum atomic E-state index is -3.77. The van der Waals surface area contributed by atoms with Gasteiger partial charge in [0.05, 0.1) is 5.75 Å². The number of aromatic hydroxyl groups is 1. The molecule has 0 spiro atoms. The van der Waals surface area contributed by atoms with Crippen LogP contribution in [0.3, 0.4) is 0 Å². The molecule has 0 unspecified atom stereocenters. The molecule has 112 valence electrons. The van der Waals surface area contributed by atoms with Crippen molar-refractivity contribution in [3.63, 3.8) is 0 Å². The Kier molecular flexibility index (Phi) is 4.18. The van der Waals surface area contributed by atoms with Crippen LogP contribution in [0.2, 0.25) is 0 Å². The lowest BCUT2D eigenvalue weighted by molar-refractivity contribution is 0.407. The fourth-order valence-corrected chi connectivity index (χ4v) is 3.98. The quantitative estimate of drug-likeness (QED) is 0.935. The Morgan fingerprint density at radius 2 is 1.81 bits per heavy atom. The van der Waals surface area contributed by atoms with Crippen molar-refractivity contribution < 1.29 is 13.5 Å². The van der Waals surface area contributed by atoms with E-state index in [-0.39, 0.29) is 28.6 Å². The van der Waals surface area contributed by atoms with Gasteiger partial charge in [-0.1, -0.05) is 30.3 Å². The zero-order valence-electron chi connectivity index (χ0n) is 11.9. The van der Waals surface area contributed by atoms with E-state index in [1.165, 1.54) is 13.0 Å². The van der Waals surface area contributed by atoms with Crippen LogP contribution in [0.5, 0.6) is 5.88 Å². The summed E-state index contributed by atoms with van der Waals surface area (Å²) in [5, 5.41) is 9.72. The lowest BCUT2D eigenvalue weighted by Gasteiger charge is -2.12. The van der Waals surface area contributed by atoms with Gasteiger partial charge >= 0.3 is 0 Å². The number of hydrogen-bond acceptors (Lipinski definition) is 4. The number of nitrogens with zero attached hydrogens (tertiary/aromatic N) is 1. The third kappa shape index (κ3) is 3.00. The normalized spacial score (nSPS) is 11.5. The van der Waals surface area contributed by atoms with Crippen LogP contribution in [-0.2, 0) is 22.1 Å². The average Bonchev–Trinajstić information content (AvgIpc) is 2.38. The van der Waals surface area contributed by atoms with Gasteiger partial charge in [-0.25, -0.2) is 8.42 Å². The van der Waals surface area contributed by atoms with E-state index in [4.69, 9.17) is 0 Å². The van der Waals surface area contributed by atoms with E-state index in [1.807, 2.05) is 0 Å². The Hall–Kier alpha value is -2.08. The first kappa shape index (κ1) is 15.3. The molecule has 0 saturated heterocycles. The maximum atomic E-state index is 12.5. The first-order valence-electron chi connectivity index (χ1n) is 6.57. The predicted molar refractivity (Wildman–Crippen MR) is 80.1 cm³/mol. The number of aromatic nitrogens is 1. The molecule has 0 aliphatic heterocycles. The van der Waals surface area contributed by atoms with Crippen molar-refractivity contribution in [2.75, 3.05) is 0 Å². The summed E-state index contributed by atoms with van der Waals surface area (Å²) in [5.74, 6) is -0.461. The van der Waals surface area contributed by atoms with Crippen LogP contribution in [0.25, 0.3) is 0 Å². The number of aryl methyl sites for hydroxylation is 1. The second-order valence-electron chi connectivity index (χ2n) is 4.81. The second kappa shape index (κ2) is 5.73. The number of pyridine rings is 1. The average molecular weight is 307 g/mol. The zero-order valence-corrected chi connectivity index (χ0v) is 12.7. The van der Waals surface area contributed by atoms with Crippen molar-refractivity contribution in [3.05, 3.63) is 57.9 Å². The Morgan fingerprint density at radius 3 is 2.38 bits per heavy atom. The largest absolute Gasteiger partial charge is 0.494 e. The van der Waals surface area contributed by atoms with Crippen LogP contribution >= 0.6 is 0 Å². The first-order chi connectivity index (χ1) is 9.86. The first-order valence-corrected chi connectivity index (χ1v) is 8.22. The summed E-state index contributed by atoms with van der Waals surface area (Å²) >= 11 is 0. The molecule has 1 aromatic carbocycles. The van der Waals surface area contributed by atoms with E-state index >= 15 is 0 Å². The lowest BCUT2D eigenvalue weighted by Crippen LogP contribution is -2.27. The van der Waals surface area contributed by atoms with Gasteiger partial charge in [-0.3, -0.25) is 9.36 Å². The molecule has 5 nitrogen and oxygen atoms in total. The van der Waals surface area contributed by atoms with Crippen molar-refractivity contribution in [3.8, 4) is 5.88 Å². The van der Waals surface area contributed by atoms with E-state index in [0.29, 0.717) is 5.56 Å². The number of rotatable bonds is 4. The third-order valence-corrected chi connectivity index (χ3v) is 5.08. The van der Waals surface area contributed by atoms with Crippen molar-refractivity contribution in [1.82, 2.24) is 4.57 Å². The number of benzene rings is 1. The Morgan fingerprint density at radius 1 is 1.19 bits per heavy atom.